The average molecular weight is 382 g/mol. The van der Waals surface area contributed by atoms with Crippen LogP contribution in [0.15, 0.2) is 58.4 Å². The Morgan fingerprint density at radius 2 is 1.92 bits per heavy atom. The van der Waals surface area contributed by atoms with Gasteiger partial charge < -0.3 is 5.32 Å². The SMILES string of the molecule is O=C1NC(=Nc2nsc3ccccc23)S/C1=C\c1ccc([N+](=O)[O-])cc1. The Kier molecular flexibility index (Phi) is 4.23. The van der Waals surface area contributed by atoms with E-state index in [-0.39, 0.29) is 11.6 Å². The van der Waals surface area contributed by atoms with E-state index in [0.29, 0.717) is 21.5 Å². The second-order valence-corrected chi connectivity index (χ2v) is 7.17. The number of amides is 1. The number of carbonyl (C=O) groups excluding carboxylic acids is 1. The van der Waals surface area contributed by atoms with Crippen molar-refractivity contribution in [3.05, 3.63) is 69.1 Å². The van der Waals surface area contributed by atoms with Crippen LogP contribution in [0.1, 0.15) is 5.56 Å². The van der Waals surface area contributed by atoms with Crippen LogP contribution < -0.4 is 5.32 Å². The molecule has 1 aliphatic rings. The van der Waals surface area contributed by atoms with Crippen LogP contribution in [-0.4, -0.2) is 20.4 Å². The van der Waals surface area contributed by atoms with Crippen LogP contribution >= 0.6 is 23.3 Å². The molecular formula is C17H10N4O3S2. The fourth-order valence-electron chi connectivity index (χ4n) is 2.37. The summed E-state index contributed by atoms with van der Waals surface area (Å²) in [6, 6.07) is 13.8. The van der Waals surface area contributed by atoms with Gasteiger partial charge in [0.2, 0.25) is 0 Å². The van der Waals surface area contributed by atoms with Crippen molar-refractivity contribution in [2.75, 3.05) is 0 Å². The molecule has 1 saturated heterocycles. The standard InChI is InChI=1S/C17H10N4O3S2/c22-16-14(9-10-5-7-11(8-6-10)21(23)24)25-17(19-16)18-15-12-3-1-2-4-13(12)26-20-15/h1-9H,(H,18,19,20,22)/b14-9-. The Morgan fingerprint density at radius 1 is 1.15 bits per heavy atom. The number of benzene rings is 2. The third-order valence-electron chi connectivity index (χ3n) is 3.62. The van der Waals surface area contributed by atoms with Crippen molar-refractivity contribution < 1.29 is 9.72 Å². The summed E-state index contributed by atoms with van der Waals surface area (Å²) >= 11 is 2.57. The Hall–Kier alpha value is -3.04. The van der Waals surface area contributed by atoms with E-state index in [1.807, 2.05) is 24.3 Å². The molecule has 3 aromatic rings. The monoisotopic (exact) mass is 382 g/mol. The van der Waals surface area contributed by atoms with Gasteiger partial charge in [-0.15, -0.1) is 0 Å². The molecule has 1 amide bonds. The van der Waals surface area contributed by atoms with E-state index in [4.69, 9.17) is 0 Å². The molecule has 1 fully saturated rings. The highest BCUT2D eigenvalue weighted by Crippen LogP contribution is 2.32. The normalized spacial score (nSPS) is 17.2. The van der Waals surface area contributed by atoms with Crippen molar-refractivity contribution in [3.63, 3.8) is 0 Å². The average Bonchev–Trinajstić information content (AvgIpc) is 3.20. The maximum Gasteiger partial charge on any atom is 0.269 e. The summed E-state index contributed by atoms with van der Waals surface area (Å²) in [6.45, 7) is 0. The zero-order valence-electron chi connectivity index (χ0n) is 13.1. The summed E-state index contributed by atoms with van der Waals surface area (Å²) in [5.41, 5.74) is 0.710. The van der Waals surface area contributed by atoms with Crippen molar-refractivity contribution in [3.8, 4) is 0 Å². The van der Waals surface area contributed by atoms with E-state index in [9.17, 15) is 14.9 Å². The molecule has 0 saturated carbocycles. The number of nitro benzene ring substituents is 1. The van der Waals surface area contributed by atoms with Crippen LogP contribution in [0.3, 0.4) is 0 Å². The third-order valence-corrected chi connectivity index (χ3v) is 5.35. The molecule has 7 nitrogen and oxygen atoms in total. The number of nitro groups is 1. The van der Waals surface area contributed by atoms with Gasteiger partial charge in [-0.1, -0.05) is 12.1 Å². The fourth-order valence-corrected chi connectivity index (χ4v) is 3.92. The molecule has 0 atom stereocenters. The van der Waals surface area contributed by atoms with Crippen LogP contribution in [-0.2, 0) is 4.79 Å². The van der Waals surface area contributed by atoms with Crippen LogP contribution in [0.25, 0.3) is 16.2 Å². The highest BCUT2D eigenvalue weighted by atomic mass is 32.2. The van der Waals surface area contributed by atoms with E-state index in [0.717, 1.165) is 10.1 Å². The molecule has 4 rings (SSSR count). The Bertz CT molecular complexity index is 1090. The lowest BCUT2D eigenvalue weighted by Gasteiger charge is -1.95. The van der Waals surface area contributed by atoms with Gasteiger partial charge in [-0.2, -0.15) is 4.37 Å². The van der Waals surface area contributed by atoms with E-state index >= 15 is 0 Å². The second kappa shape index (κ2) is 6.70. The maximum atomic E-state index is 12.1. The van der Waals surface area contributed by atoms with Crippen molar-refractivity contribution in [2.24, 2.45) is 4.99 Å². The first-order valence-electron chi connectivity index (χ1n) is 7.48. The molecule has 9 heteroatoms. The lowest BCUT2D eigenvalue weighted by Crippen LogP contribution is -2.19. The molecule has 0 aliphatic carbocycles. The first-order chi connectivity index (χ1) is 12.6. The minimum absolute atomic E-state index is 0.00772. The van der Waals surface area contributed by atoms with Gasteiger partial charge in [-0.3, -0.25) is 14.9 Å². The number of nitrogens with zero attached hydrogens (tertiary/aromatic N) is 3. The first kappa shape index (κ1) is 16.4. The molecule has 26 heavy (non-hydrogen) atoms. The number of non-ortho nitro benzene ring substituents is 1. The molecule has 0 unspecified atom stereocenters. The quantitative estimate of drug-likeness (QED) is 0.418. The molecule has 128 valence electrons. The summed E-state index contributed by atoms with van der Waals surface area (Å²) in [7, 11) is 0. The molecule has 1 aromatic heterocycles. The van der Waals surface area contributed by atoms with E-state index in [1.54, 1.807) is 18.2 Å². The van der Waals surface area contributed by atoms with Gasteiger partial charge in [-0.05, 0) is 59.2 Å². The first-order valence-corrected chi connectivity index (χ1v) is 9.07. The molecule has 0 bridgehead atoms. The van der Waals surface area contributed by atoms with Crippen LogP contribution in [0.4, 0.5) is 11.5 Å². The number of amidine groups is 1. The van der Waals surface area contributed by atoms with Crippen LogP contribution in [0.5, 0.6) is 0 Å². The number of hydrogen-bond acceptors (Lipinski definition) is 7. The number of nitrogens with one attached hydrogen (secondary N) is 1. The second-order valence-electron chi connectivity index (χ2n) is 5.33. The summed E-state index contributed by atoms with van der Waals surface area (Å²) in [6.07, 6.45) is 1.67. The largest absolute Gasteiger partial charge is 0.300 e. The topological polar surface area (TPSA) is 97.5 Å². The minimum atomic E-state index is -0.461. The molecule has 0 radical (unpaired) electrons. The van der Waals surface area contributed by atoms with E-state index in [1.165, 1.54) is 35.4 Å². The molecule has 1 aliphatic heterocycles. The molecule has 1 N–H and O–H groups in total. The maximum absolute atomic E-state index is 12.1. The van der Waals surface area contributed by atoms with Gasteiger partial charge >= 0.3 is 0 Å². The highest BCUT2D eigenvalue weighted by Gasteiger charge is 2.24. The van der Waals surface area contributed by atoms with Crippen LogP contribution in [0.2, 0.25) is 0 Å². The summed E-state index contributed by atoms with van der Waals surface area (Å²) in [4.78, 5) is 27.3. The molecule has 0 spiro atoms. The van der Waals surface area contributed by atoms with Crippen molar-refractivity contribution in [1.82, 2.24) is 9.69 Å². The minimum Gasteiger partial charge on any atom is -0.300 e. The van der Waals surface area contributed by atoms with Crippen LogP contribution in [0, 0.1) is 10.1 Å². The molecular weight excluding hydrogens is 372 g/mol. The zero-order chi connectivity index (χ0) is 18.1. The van der Waals surface area contributed by atoms with Gasteiger partial charge in [0.15, 0.2) is 11.0 Å². The highest BCUT2D eigenvalue weighted by molar-refractivity contribution is 8.18. The number of thioether (sulfide) groups is 1. The zero-order valence-corrected chi connectivity index (χ0v) is 14.7. The third kappa shape index (κ3) is 3.22. The number of aliphatic imine (C=N–C) groups is 1. The summed E-state index contributed by atoms with van der Waals surface area (Å²) in [5.74, 6) is 0.316. The summed E-state index contributed by atoms with van der Waals surface area (Å²) in [5, 5.41) is 14.8. The fraction of sp³-hybridized carbons (Fsp3) is 0. The predicted octanol–water partition coefficient (Wildman–Crippen LogP) is 4.10. The van der Waals surface area contributed by atoms with Crippen molar-refractivity contribution in [1.29, 1.82) is 0 Å². The molecule has 2 aromatic carbocycles. The van der Waals surface area contributed by atoms with Gasteiger partial charge in [0.1, 0.15) is 0 Å². The Labute approximate surface area is 155 Å². The van der Waals surface area contributed by atoms with Crippen molar-refractivity contribution in [2.45, 2.75) is 0 Å². The van der Waals surface area contributed by atoms with Gasteiger partial charge in [0, 0.05) is 17.5 Å². The van der Waals surface area contributed by atoms with E-state index in [2.05, 4.69) is 14.7 Å². The number of rotatable bonds is 3. The van der Waals surface area contributed by atoms with E-state index < -0.39 is 4.92 Å². The lowest BCUT2D eigenvalue weighted by molar-refractivity contribution is -0.384. The van der Waals surface area contributed by atoms with Gasteiger partial charge in [0.25, 0.3) is 11.6 Å². The number of fused-ring (bicyclic) bond motifs is 1. The number of hydrogen-bond donors (Lipinski definition) is 1. The predicted molar refractivity (Wildman–Crippen MR) is 104 cm³/mol. The smallest absolute Gasteiger partial charge is 0.269 e. The number of aromatic nitrogens is 1. The number of carbonyl (C=O) groups is 1. The van der Waals surface area contributed by atoms with Gasteiger partial charge in [-0.25, -0.2) is 4.99 Å². The lowest BCUT2D eigenvalue weighted by atomic mass is 10.2. The van der Waals surface area contributed by atoms with Crippen molar-refractivity contribution >= 4 is 62.0 Å². The molecule has 2 heterocycles. The van der Waals surface area contributed by atoms with Gasteiger partial charge in [0.05, 0.1) is 14.5 Å². The Balaban J connectivity index is 1.59. The Morgan fingerprint density at radius 3 is 2.69 bits per heavy atom. The summed E-state index contributed by atoms with van der Waals surface area (Å²) < 4.78 is 5.36.